The number of nitrogens with zero attached hydrogens (tertiary/aromatic N) is 1. The summed E-state index contributed by atoms with van der Waals surface area (Å²) < 4.78 is 17.2. The van der Waals surface area contributed by atoms with Gasteiger partial charge in [-0.3, -0.25) is 4.79 Å². The summed E-state index contributed by atoms with van der Waals surface area (Å²) in [7, 11) is 1.39. The maximum absolute atomic E-state index is 13.1. The van der Waals surface area contributed by atoms with Crippen molar-refractivity contribution in [2.24, 2.45) is 11.8 Å². The van der Waals surface area contributed by atoms with E-state index in [1.807, 2.05) is 6.92 Å². The molecule has 0 unspecified atom stereocenters. The van der Waals surface area contributed by atoms with E-state index in [0.717, 1.165) is 12.8 Å². The van der Waals surface area contributed by atoms with E-state index >= 15 is 0 Å². The average molecular weight is 499 g/mol. The molecule has 1 aromatic heterocycles. The zero-order chi connectivity index (χ0) is 26.2. The fraction of sp³-hybridized carbons (Fsp3) is 0.536. The lowest BCUT2D eigenvalue weighted by Gasteiger charge is -2.32. The van der Waals surface area contributed by atoms with Gasteiger partial charge < -0.3 is 24.6 Å². The third-order valence-corrected chi connectivity index (χ3v) is 6.45. The van der Waals surface area contributed by atoms with Crippen molar-refractivity contribution in [1.82, 2.24) is 10.3 Å². The Bertz CT molecular complexity index is 1020. The number of amides is 1. The van der Waals surface area contributed by atoms with Gasteiger partial charge in [-0.15, -0.1) is 0 Å². The number of carbonyl (C=O) groups excluding carboxylic acids is 2. The summed E-state index contributed by atoms with van der Waals surface area (Å²) in [5, 5.41) is 13.0. The van der Waals surface area contributed by atoms with Crippen molar-refractivity contribution in [3.05, 3.63) is 53.3 Å². The fourth-order valence-corrected chi connectivity index (χ4v) is 4.53. The fourth-order valence-electron chi connectivity index (χ4n) is 4.53. The van der Waals surface area contributed by atoms with E-state index in [0.29, 0.717) is 25.4 Å². The second-order valence-electron chi connectivity index (χ2n) is 9.95. The second kappa shape index (κ2) is 12.7. The molecule has 36 heavy (non-hydrogen) atoms. The highest BCUT2D eigenvalue weighted by Gasteiger charge is 2.35. The quantitative estimate of drug-likeness (QED) is 0.525. The Morgan fingerprint density at radius 1 is 1.22 bits per heavy atom. The van der Waals surface area contributed by atoms with E-state index in [9.17, 15) is 14.7 Å². The van der Waals surface area contributed by atoms with Crippen molar-refractivity contribution in [2.75, 3.05) is 13.7 Å². The molecule has 0 radical (unpaired) electrons. The molecular formula is C28H38N2O6. The second-order valence-corrected chi connectivity index (χ2v) is 9.95. The van der Waals surface area contributed by atoms with Crippen LogP contribution in [-0.2, 0) is 20.7 Å². The van der Waals surface area contributed by atoms with Crippen LogP contribution in [-0.4, -0.2) is 53.9 Å². The number of benzene rings is 1. The van der Waals surface area contributed by atoms with Crippen LogP contribution in [0.4, 0.5) is 0 Å². The molecule has 4 atom stereocenters. The van der Waals surface area contributed by atoms with Gasteiger partial charge in [0.05, 0.1) is 13.2 Å². The molecule has 1 aromatic carbocycles. The lowest BCUT2D eigenvalue weighted by atomic mass is 9.86. The molecule has 8 heteroatoms. The van der Waals surface area contributed by atoms with Crippen LogP contribution < -0.4 is 10.1 Å². The third kappa shape index (κ3) is 7.20. The molecule has 2 N–H and O–H groups in total. The number of hydrogen-bond donors (Lipinski definition) is 2. The zero-order valence-corrected chi connectivity index (χ0v) is 21.8. The van der Waals surface area contributed by atoms with Gasteiger partial charge in [0, 0.05) is 18.9 Å². The number of aromatic nitrogens is 1. The minimum absolute atomic E-state index is 0.130. The average Bonchev–Trinajstić information content (AvgIpc) is 2.88. The number of rotatable bonds is 8. The number of carbonyl (C=O) groups is 2. The number of esters is 1. The van der Waals surface area contributed by atoms with Gasteiger partial charge in [0.1, 0.15) is 12.1 Å². The lowest BCUT2D eigenvalue weighted by Crippen LogP contribution is -2.44. The Balaban J connectivity index is 1.78. The lowest BCUT2D eigenvalue weighted by molar-refractivity contribution is -0.161. The first-order valence-electron chi connectivity index (χ1n) is 12.6. The molecule has 2 aromatic rings. The van der Waals surface area contributed by atoms with E-state index in [-0.39, 0.29) is 29.2 Å². The van der Waals surface area contributed by atoms with Gasteiger partial charge in [0.15, 0.2) is 17.2 Å². The molecule has 0 aliphatic carbocycles. The van der Waals surface area contributed by atoms with Crippen LogP contribution in [0.1, 0.15) is 61.6 Å². The molecule has 1 fully saturated rings. The van der Waals surface area contributed by atoms with E-state index in [1.54, 1.807) is 0 Å². The van der Waals surface area contributed by atoms with Gasteiger partial charge in [-0.1, -0.05) is 50.1 Å². The van der Waals surface area contributed by atoms with Crippen LogP contribution in [0.3, 0.4) is 0 Å². The van der Waals surface area contributed by atoms with Gasteiger partial charge >= 0.3 is 5.97 Å². The zero-order valence-electron chi connectivity index (χ0n) is 21.8. The SMILES string of the molecule is COc1ccnc(C(=O)N[C@H]2CCC[C@H](Cc3ccc(C)cc3)[C@@H](OCC(C)C)[C@H](C)OC2=O)c1O. The molecule has 1 aliphatic rings. The Hall–Kier alpha value is -3.13. The van der Waals surface area contributed by atoms with Crippen LogP contribution in [0.5, 0.6) is 11.5 Å². The topological polar surface area (TPSA) is 107 Å². The maximum atomic E-state index is 13.1. The Labute approximate surface area is 213 Å². The first-order chi connectivity index (χ1) is 17.2. The molecule has 3 rings (SSSR count). The Kier molecular flexibility index (Phi) is 9.70. The van der Waals surface area contributed by atoms with E-state index in [1.165, 1.54) is 30.5 Å². The van der Waals surface area contributed by atoms with Crippen molar-refractivity contribution in [1.29, 1.82) is 0 Å². The van der Waals surface area contributed by atoms with Crippen LogP contribution in [0, 0.1) is 18.8 Å². The number of hydrogen-bond acceptors (Lipinski definition) is 7. The predicted molar refractivity (Wildman–Crippen MR) is 136 cm³/mol. The molecular weight excluding hydrogens is 460 g/mol. The molecule has 1 amide bonds. The molecule has 196 valence electrons. The maximum Gasteiger partial charge on any atom is 0.329 e. The van der Waals surface area contributed by atoms with Crippen LogP contribution >= 0.6 is 0 Å². The largest absolute Gasteiger partial charge is 0.503 e. The standard InChI is InChI=1S/C28H38N2O6/c1-17(2)16-35-26-19(4)36-28(33)22(30-27(32)24-25(31)23(34-5)13-14-29-24)8-6-7-21(26)15-20-11-9-18(3)10-12-20/h9-14,17,19,21-22,26,31H,6-8,15-16H2,1-5H3,(H,30,32)/t19-,21+,22-,26-/m0/s1. The van der Waals surface area contributed by atoms with Gasteiger partial charge in [-0.2, -0.15) is 0 Å². The van der Waals surface area contributed by atoms with Crippen LogP contribution in [0.2, 0.25) is 0 Å². The minimum Gasteiger partial charge on any atom is -0.503 e. The smallest absolute Gasteiger partial charge is 0.329 e. The highest BCUT2D eigenvalue weighted by molar-refractivity contribution is 5.97. The van der Waals surface area contributed by atoms with Crippen molar-refractivity contribution in [3.63, 3.8) is 0 Å². The molecule has 8 nitrogen and oxygen atoms in total. The van der Waals surface area contributed by atoms with Crippen molar-refractivity contribution in [3.8, 4) is 11.5 Å². The number of aromatic hydroxyl groups is 1. The van der Waals surface area contributed by atoms with Gasteiger partial charge in [0.25, 0.3) is 5.91 Å². The third-order valence-electron chi connectivity index (χ3n) is 6.45. The summed E-state index contributed by atoms with van der Waals surface area (Å²) >= 11 is 0. The van der Waals surface area contributed by atoms with E-state index in [4.69, 9.17) is 14.2 Å². The summed E-state index contributed by atoms with van der Waals surface area (Å²) in [5.41, 5.74) is 2.22. The normalized spacial score (nSPS) is 22.8. The summed E-state index contributed by atoms with van der Waals surface area (Å²) in [4.78, 5) is 29.9. The molecule has 1 saturated heterocycles. The van der Waals surface area contributed by atoms with Crippen molar-refractivity contribution in [2.45, 2.75) is 71.6 Å². The highest BCUT2D eigenvalue weighted by atomic mass is 16.6. The summed E-state index contributed by atoms with van der Waals surface area (Å²) in [6.07, 6.45) is 3.33. The number of aryl methyl sites for hydroxylation is 1. The van der Waals surface area contributed by atoms with Gasteiger partial charge in [-0.05, 0) is 50.5 Å². The van der Waals surface area contributed by atoms with Gasteiger partial charge in [0.2, 0.25) is 0 Å². The number of nitrogens with one attached hydrogen (secondary N) is 1. The monoisotopic (exact) mass is 498 g/mol. The number of ether oxygens (including phenoxy) is 3. The molecule has 1 aliphatic heterocycles. The van der Waals surface area contributed by atoms with Crippen LogP contribution in [0.15, 0.2) is 36.5 Å². The van der Waals surface area contributed by atoms with Gasteiger partial charge in [-0.25, -0.2) is 9.78 Å². The molecule has 0 saturated carbocycles. The molecule has 0 bridgehead atoms. The number of methoxy groups -OCH3 is 1. The Morgan fingerprint density at radius 2 is 1.94 bits per heavy atom. The summed E-state index contributed by atoms with van der Waals surface area (Å²) in [6.45, 7) is 8.67. The molecule has 0 spiro atoms. The van der Waals surface area contributed by atoms with Crippen LogP contribution in [0.25, 0.3) is 0 Å². The minimum atomic E-state index is -0.865. The van der Waals surface area contributed by atoms with Crippen molar-refractivity contribution < 1.29 is 28.9 Å². The first kappa shape index (κ1) is 27.5. The summed E-state index contributed by atoms with van der Waals surface area (Å²) in [5.74, 6) is -0.938. The Morgan fingerprint density at radius 3 is 2.61 bits per heavy atom. The summed E-state index contributed by atoms with van der Waals surface area (Å²) in [6, 6.07) is 9.06. The van der Waals surface area contributed by atoms with E-state index < -0.39 is 24.0 Å². The highest BCUT2D eigenvalue weighted by Crippen LogP contribution is 2.29. The number of cyclic esters (lactones) is 1. The molecule has 2 heterocycles. The number of pyridine rings is 1. The van der Waals surface area contributed by atoms with E-state index in [2.05, 4.69) is 55.3 Å². The first-order valence-corrected chi connectivity index (χ1v) is 12.6. The predicted octanol–water partition coefficient (Wildman–Crippen LogP) is 4.22. The van der Waals surface area contributed by atoms with Crippen molar-refractivity contribution >= 4 is 11.9 Å².